The van der Waals surface area contributed by atoms with E-state index in [1.807, 2.05) is 11.3 Å². The SMILES string of the molecule is CCCNC(C)c1sc(N2CCSC(CC)C2)nc1C. The molecule has 1 aliphatic heterocycles. The zero-order valence-electron chi connectivity index (χ0n) is 13.1. The summed E-state index contributed by atoms with van der Waals surface area (Å²) < 4.78 is 0. The van der Waals surface area contributed by atoms with E-state index in [2.05, 4.69) is 49.7 Å². The average molecular weight is 314 g/mol. The Morgan fingerprint density at radius 3 is 2.95 bits per heavy atom. The summed E-state index contributed by atoms with van der Waals surface area (Å²) in [7, 11) is 0. The minimum absolute atomic E-state index is 0.419. The number of nitrogens with one attached hydrogen (secondary N) is 1. The van der Waals surface area contributed by atoms with Crippen LogP contribution in [0, 0.1) is 6.92 Å². The summed E-state index contributed by atoms with van der Waals surface area (Å²) in [5.74, 6) is 1.23. The summed E-state index contributed by atoms with van der Waals surface area (Å²) in [4.78, 5) is 8.71. The molecule has 1 fully saturated rings. The van der Waals surface area contributed by atoms with Crippen LogP contribution in [0.4, 0.5) is 5.13 Å². The zero-order chi connectivity index (χ0) is 14.5. The van der Waals surface area contributed by atoms with Crippen LogP contribution < -0.4 is 10.2 Å². The van der Waals surface area contributed by atoms with E-state index in [1.165, 1.54) is 34.3 Å². The first-order valence-corrected chi connectivity index (χ1v) is 9.59. The molecule has 114 valence electrons. The highest BCUT2D eigenvalue weighted by Gasteiger charge is 2.23. The molecular weight excluding hydrogens is 286 g/mol. The molecule has 2 heterocycles. The lowest BCUT2D eigenvalue weighted by molar-refractivity contribution is 0.575. The Bertz CT molecular complexity index is 419. The predicted molar refractivity (Wildman–Crippen MR) is 92.3 cm³/mol. The fourth-order valence-electron chi connectivity index (χ4n) is 2.52. The lowest BCUT2D eigenvalue weighted by Crippen LogP contribution is -2.37. The molecule has 2 rings (SSSR count). The van der Waals surface area contributed by atoms with E-state index in [0.717, 1.165) is 24.9 Å². The lowest BCUT2D eigenvalue weighted by Gasteiger charge is -2.31. The molecule has 0 aliphatic carbocycles. The van der Waals surface area contributed by atoms with Crippen LogP contribution in [-0.2, 0) is 0 Å². The number of nitrogens with zero attached hydrogens (tertiary/aromatic N) is 2. The van der Waals surface area contributed by atoms with Crippen LogP contribution in [0.15, 0.2) is 0 Å². The van der Waals surface area contributed by atoms with Crippen molar-refractivity contribution in [3.8, 4) is 0 Å². The van der Waals surface area contributed by atoms with Crippen molar-refractivity contribution in [1.82, 2.24) is 10.3 Å². The molecule has 1 aromatic rings. The van der Waals surface area contributed by atoms with Crippen molar-refractivity contribution in [3.05, 3.63) is 10.6 Å². The van der Waals surface area contributed by atoms with Crippen LogP contribution in [0.3, 0.4) is 0 Å². The molecule has 20 heavy (non-hydrogen) atoms. The monoisotopic (exact) mass is 313 g/mol. The van der Waals surface area contributed by atoms with Gasteiger partial charge < -0.3 is 10.2 Å². The van der Waals surface area contributed by atoms with Gasteiger partial charge in [0, 0.05) is 35.0 Å². The van der Waals surface area contributed by atoms with Gasteiger partial charge in [0.05, 0.1) is 5.69 Å². The highest BCUT2D eigenvalue weighted by molar-refractivity contribution is 8.00. The second-order valence-corrected chi connectivity index (χ2v) is 7.89. The molecule has 1 aliphatic rings. The zero-order valence-corrected chi connectivity index (χ0v) is 14.7. The molecule has 1 N–H and O–H groups in total. The van der Waals surface area contributed by atoms with Crippen molar-refractivity contribution in [1.29, 1.82) is 0 Å². The van der Waals surface area contributed by atoms with Gasteiger partial charge in [-0.3, -0.25) is 0 Å². The second-order valence-electron chi connectivity index (χ2n) is 5.47. The summed E-state index contributed by atoms with van der Waals surface area (Å²) in [5, 5.41) is 5.57. The summed E-state index contributed by atoms with van der Waals surface area (Å²) in [6.07, 6.45) is 2.43. The third-order valence-corrected chi connectivity index (χ3v) is 6.55. The molecule has 0 bridgehead atoms. The number of rotatable bonds is 6. The first kappa shape index (κ1) is 16.1. The van der Waals surface area contributed by atoms with Gasteiger partial charge in [-0.05, 0) is 33.2 Å². The fraction of sp³-hybridized carbons (Fsp3) is 0.800. The number of aromatic nitrogens is 1. The van der Waals surface area contributed by atoms with Gasteiger partial charge in [0.25, 0.3) is 0 Å². The lowest BCUT2D eigenvalue weighted by atomic mass is 10.2. The quantitative estimate of drug-likeness (QED) is 0.863. The minimum Gasteiger partial charge on any atom is -0.346 e. The van der Waals surface area contributed by atoms with Crippen molar-refractivity contribution in [2.24, 2.45) is 0 Å². The highest BCUT2D eigenvalue weighted by Crippen LogP contribution is 2.33. The standard InChI is InChI=1S/C15H27N3S2/c1-5-7-16-11(3)14-12(4)17-15(20-14)18-8-9-19-13(6-2)10-18/h11,13,16H,5-10H2,1-4H3. The Morgan fingerprint density at radius 2 is 2.25 bits per heavy atom. The Hall–Kier alpha value is -0.260. The molecule has 2 unspecified atom stereocenters. The number of anilines is 1. The summed E-state index contributed by atoms with van der Waals surface area (Å²) in [5.41, 5.74) is 1.20. The molecule has 0 radical (unpaired) electrons. The highest BCUT2D eigenvalue weighted by atomic mass is 32.2. The smallest absolute Gasteiger partial charge is 0.185 e. The Balaban J connectivity index is 2.06. The van der Waals surface area contributed by atoms with Gasteiger partial charge in [0.1, 0.15) is 0 Å². The summed E-state index contributed by atoms with van der Waals surface area (Å²) in [6.45, 7) is 12.3. The molecule has 1 saturated heterocycles. The van der Waals surface area contributed by atoms with E-state index in [9.17, 15) is 0 Å². The minimum atomic E-state index is 0.419. The van der Waals surface area contributed by atoms with Crippen LogP contribution in [0.1, 0.15) is 50.2 Å². The summed E-state index contributed by atoms with van der Waals surface area (Å²) >= 11 is 3.99. The maximum Gasteiger partial charge on any atom is 0.185 e. The average Bonchev–Trinajstić information content (AvgIpc) is 2.87. The van der Waals surface area contributed by atoms with Gasteiger partial charge in [-0.15, -0.1) is 11.3 Å². The van der Waals surface area contributed by atoms with E-state index in [1.54, 1.807) is 0 Å². The Labute approximate surface area is 131 Å². The van der Waals surface area contributed by atoms with Crippen molar-refractivity contribution in [2.75, 3.05) is 30.3 Å². The van der Waals surface area contributed by atoms with Crippen LogP contribution in [0.2, 0.25) is 0 Å². The largest absolute Gasteiger partial charge is 0.346 e. The number of aryl methyl sites for hydroxylation is 1. The van der Waals surface area contributed by atoms with E-state index in [-0.39, 0.29) is 0 Å². The third-order valence-electron chi connectivity index (χ3n) is 3.78. The normalized spacial score (nSPS) is 21.2. The van der Waals surface area contributed by atoms with Crippen LogP contribution in [-0.4, -0.2) is 35.6 Å². The first-order chi connectivity index (χ1) is 9.65. The van der Waals surface area contributed by atoms with Gasteiger partial charge in [0.15, 0.2) is 5.13 Å². The molecular formula is C15H27N3S2. The van der Waals surface area contributed by atoms with Crippen LogP contribution in [0.5, 0.6) is 0 Å². The van der Waals surface area contributed by atoms with Gasteiger partial charge >= 0.3 is 0 Å². The molecule has 1 aromatic heterocycles. The van der Waals surface area contributed by atoms with Gasteiger partial charge in [-0.1, -0.05) is 13.8 Å². The van der Waals surface area contributed by atoms with Crippen LogP contribution in [0.25, 0.3) is 0 Å². The van der Waals surface area contributed by atoms with E-state index in [0.29, 0.717) is 6.04 Å². The maximum absolute atomic E-state index is 4.83. The van der Waals surface area contributed by atoms with E-state index < -0.39 is 0 Å². The molecule has 5 heteroatoms. The molecule has 0 spiro atoms. The number of thioether (sulfide) groups is 1. The van der Waals surface area contributed by atoms with Gasteiger partial charge in [0.2, 0.25) is 0 Å². The van der Waals surface area contributed by atoms with Crippen molar-refractivity contribution >= 4 is 28.2 Å². The van der Waals surface area contributed by atoms with Gasteiger partial charge in [-0.25, -0.2) is 4.98 Å². The van der Waals surface area contributed by atoms with Crippen LogP contribution >= 0.6 is 23.1 Å². The number of hydrogen-bond acceptors (Lipinski definition) is 5. The van der Waals surface area contributed by atoms with E-state index >= 15 is 0 Å². The predicted octanol–water partition coefficient (Wildman–Crippen LogP) is 3.84. The Kier molecular flexibility index (Phi) is 6.18. The second kappa shape index (κ2) is 7.66. The van der Waals surface area contributed by atoms with Crippen molar-refractivity contribution in [2.45, 2.75) is 51.8 Å². The third kappa shape index (κ3) is 3.89. The molecule has 0 saturated carbocycles. The number of thiazole rings is 1. The first-order valence-electron chi connectivity index (χ1n) is 7.72. The van der Waals surface area contributed by atoms with E-state index in [4.69, 9.17) is 4.98 Å². The Morgan fingerprint density at radius 1 is 1.45 bits per heavy atom. The number of hydrogen-bond donors (Lipinski definition) is 1. The fourth-order valence-corrected chi connectivity index (χ4v) is 4.83. The molecule has 2 atom stereocenters. The summed E-state index contributed by atoms with van der Waals surface area (Å²) in [6, 6.07) is 0.419. The molecule has 0 amide bonds. The molecule has 3 nitrogen and oxygen atoms in total. The van der Waals surface area contributed by atoms with Gasteiger partial charge in [-0.2, -0.15) is 11.8 Å². The maximum atomic E-state index is 4.83. The van der Waals surface area contributed by atoms with Crippen molar-refractivity contribution in [3.63, 3.8) is 0 Å². The topological polar surface area (TPSA) is 28.2 Å². The molecule has 0 aromatic carbocycles. The van der Waals surface area contributed by atoms with Crippen molar-refractivity contribution < 1.29 is 0 Å².